The Kier molecular flexibility index (Phi) is 5.19. The molecule has 4 rings (SSSR count). The third-order valence-corrected chi connectivity index (χ3v) is 4.90. The van der Waals surface area contributed by atoms with Crippen LogP contribution >= 0.6 is 0 Å². The van der Waals surface area contributed by atoms with Crippen LogP contribution in [0.5, 0.6) is 0 Å². The molecule has 0 atom stereocenters. The summed E-state index contributed by atoms with van der Waals surface area (Å²) in [4.78, 5) is 13.8. The van der Waals surface area contributed by atoms with Gasteiger partial charge in [-0.1, -0.05) is 42.5 Å². The van der Waals surface area contributed by atoms with Gasteiger partial charge in [0.15, 0.2) is 0 Å². The quantitative estimate of drug-likeness (QED) is 0.752. The molecule has 27 heavy (non-hydrogen) atoms. The van der Waals surface area contributed by atoms with Crippen molar-refractivity contribution in [1.82, 2.24) is 9.97 Å². The smallest absolute Gasteiger partial charge is 0.224 e. The third kappa shape index (κ3) is 4.37. The van der Waals surface area contributed by atoms with E-state index >= 15 is 0 Å². The van der Waals surface area contributed by atoms with Crippen LogP contribution in [0.25, 0.3) is 0 Å². The second-order valence-electron chi connectivity index (χ2n) is 6.89. The normalized spacial score (nSPS) is 14.3. The van der Waals surface area contributed by atoms with Gasteiger partial charge < -0.3 is 15.1 Å². The predicted molar refractivity (Wildman–Crippen MR) is 111 cm³/mol. The molecule has 1 aromatic heterocycles. The van der Waals surface area contributed by atoms with Gasteiger partial charge in [0.1, 0.15) is 5.82 Å². The number of hydrogen-bond acceptors (Lipinski definition) is 5. The average Bonchev–Trinajstić information content (AvgIpc) is 2.73. The molecular formula is C22H25N5. The van der Waals surface area contributed by atoms with E-state index in [4.69, 9.17) is 4.98 Å². The topological polar surface area (TPSA) is 44.3 Å². The number of hydrogen-bond donors (Lipinski definition) is 1. The molecule has 3 aromatic rings. The second-order valence-corrected chi connectivity index (χ2v) is 6.89. The summed E-state index contributed by atoms with van der Waals surface area (Å²) >= 11 is 0. The van der Waals surface area contributed by atoms with Gasteiger partial charge in [0.25, 0.3) is 0 Å². The van der Waals surface area contributed by atoms with E-state index in [2.05, 4.69) is 63.4 Å². The lowest BCUT2D eigenvalue weighted by atomic mass is 10.2. The molecule has 2 aromatic carbocycles. The van der Waals surface area contributed by atoms with Gasteiger partial charge in [0.05, 0.1) is 0 Å². The van der Waals surface area contributed by atoms with Crippen LogP contribution in [0.1, 0.15) is 11.1 Å². The maximum absolute atomic E-state index is 4.71. The first-order valence-corrected chi connectivity index (χ1v) is 9.45. The number of aryl methyl sites for hydroxylation is 1. The van der Waals surface area contributed by atoms with Crippen LogP contribution in [0.3, 0.4) is 0 Å². The number of aromatic nitrogens is 2. The maximum Gasteiger partial charge on any atom is 0.224 e. The Morgan fingerprint density at radius 2 is 1.67 bits per heavy atom. The molecular weight excluding hydrogens is 334 g/mol. The van der Waals surface area contributed by atoms with E-state index in [9.17, 15) is 0 Å². The van der Waals surface area contributed by atoms with Crippen molar-refractivity contribution in [1.29, 1.82) is 0 Å². The van der Waals surface area contributed by atoms with Gasteiger partial charge in [-0.3, -0.25) is 0 Å². The van der Waals surface area contributed by atoms with Crippen molar-refractivity contribution in [2.75, 3.05) is 41.3 Å². The summed E-state index contributed by atoms with van der Waals surface area (Å²) in [6, 6.07) is 21.0. The minimum atomic E-state index is 0.678. The van der Waals surface area contributed by atoms with Crippen LogP contribution in [0.4, 0.5) is 17.5 Å². The average molecular weight is 359 g/mol. The van der Waals surface area contributed by atoms with Crippen LogP contribution in [0, 0.1) is 6.92 Å². The van der Waals surface area contributed by atoms with Crippen LogP contribution in [0.2, 0.25) is 0 Å². The van der Waals surface area contributed by atoms with Crippen LogP contribution < -0.4 is 15.1 Å². The molecule has 138 valence electrons. The monoisotopic (exact) mass is 359 g/mol. The fourth-order valence-electron chi connectivity index (χ4n) is 3.41. The van der Waals surface area contributed by atoms with E-state index in [0.29, 0.717) is 5.95 Å². The molecule has 0 radical (unpaired) electrons. The second kappa shape index (κ2) is 8.08. The molecule has 1 N–H and O–H groups in total. The van der Waals surface area contributed by atoms with Crippen molar-refractivity contribution in [3.05, 3.63) is 78.0 Å². The highest BCUT2D eigenvalue weighted by Crippen LogP contribution is 2.20. The molecule has 1 fully saturated rings. The lowest BCUT2D eigenvalue weighted by Crippen LogP contribution is -2.46. The van der Waals surface area contributed by atoms with E-state index < -0.39 is 0 Å². The Balaban J connectivity index is 1.37. The Morgan fingerprint density at radius 1 is 0.889 bits per heavy atom. The molecule has 0 bridgehead atoms. The number of piperazine rings is 1. The summed E-state index contributed by atoms with van der Waals surface area (Å²) in [5, 5.41) is 3.32. The fraction of sp³-hybridized carbons (Fsp3) is 0.273. The van der Waals surface area contributed by atoms with Gasteiger partial charge >= 0.3 is 0 Å². The molecule has 1 aliphatic rings. The minimum absolute atomic E-state index is 0.678. The van der Waals surface area contributed by atoms with Gasteiger partial charge in [-0.2, -0.15) is 4.98 Å². The van der Waals surface area contributed by atoms with Crippen molar-refractivity contribution in [2.45, 2.75) is 13.5 Å². The van der Waals surface area contributed by atoms with Gasteiger partial charge in [0.2, 0.25) is 5.95 Å². The van der Waals surface area contributed by atoms with Crippen molar-refractivity contribution in [3.63, 3.8) is 0 Å². The van der Waals surface area contributed by atoms with Crippen LogP contribution in [-0.4, -0.2) is 36.1 Å². The lowest BCUT2D eigenvalue weighted by molar-refractivity contribution is 0.647. The molecule has 0 saturated carbocycles. The van der Waals surface area contributed by atoms with Crippen LogP contribution in [-0.2, 0) is 6.54 Å². The van der Waals surface area contributed by atoms with Gasteiger partial charge in [-0.05, 0) is 36.2 Å². The molecule has 5 nitrogen and oxygen atoms in total. The van der Waals surface area contributed by atoms with E-state index in [1.165, 1.54) is 16.8 Å². The number of anilines is 3. The van der Waals surface area contributed by atoms with Crippen molar-refractivity contribution in [3.8, 4) is 0 Å². The Bertz CT molecular complexity index is 873. The molecule has 2 heterocycles. The highest BCUT2D eigenvalue weighted by atomic mass is 15.3. The van der Waals surface area contributed by atoms with Gasteiger partial charge in [-0.15, -0.1) is 0 Å². The first kappa shape index (κ1) is 17.3. The Labute approximate surface area is 160 Å². The third-order valence-electron chi connectivity index (χ3n) is 4.90. The molecule has 1 saturated heterocycles. The molecule has 5 heteroatoms. The maximum atomic E-state index is 4.71. The van der Waals surface area contributed by atoms with Crippen molar-refractivity contribution in [2.24, 2.45) is 0 Å². The molecule has 1 aliphatic heterocycles. The van der Waals surface area contributed by atoms with E-state index in [0.717, 1.165) is 38.5 Å². The Morgan fingerprint density at radius 3 is 2.44 bits per heavy atom. The van der Waals surface area contributed by atoms with Crippen molar-refractivity contribution < 1.29 is 0 Å². The number of nitrogens with zero attached hydrogens (tertiary/aromatic N) is 4. The number of nitrogens with one attached hydrogen (secondary N) is 1. The highest BCUT2D eigenvalue weighted by molar-refractivity contribution is 5.51. The standard InChI is InChI=1S/C22H25N5/c1-18-6-5-9-20(16-18)26-12-14-27(15-13-26)21-10-11-23-22(25-21)24-17-19-7-3-2-4-8-19/h2-11,16H,12-15,17H2,1H3,(H,23,24,25). The molecule has 0 aliphatic carbocycles. The van der Waals surface area contributed by atoms with E-state index in [-0.39, 0.29) is 0 Å². The molecule has 0 spiro atoms. The Hall–Kier alpha value is -3.08. The van der Waals surface area contributed by atoms with E-state index in [1.807, 2.05) is 30.5 Å². The summed E-state index contributed by atoms with van der Waals surface area (Å²) in [5.74, 6) is 1.67. The zero-order chi connectivity index (χ0) is 18.5. The molecule has 0 unspecified atom stereocenters. The summed E-state index contributed by atoms with van der Waals surface area (Å²) in [6.07, 6.45) is 1.84. The summed E-state index contributed by atoms with van der Waals surface area (Å²) < 4.78 is 0. The zero-order valence-corrected chi connectivity index (χ0v) is 15.7. The van der Waals surface area contributed by atoms with Crippen molar-refractivity contribution >= 4 is 17.5 Å². The van der Waals surface area contributed by atoms with Gasteiger partial charge in [-0.25, -0.2) is 4.98 Å². The number of rotatable bonds is 5. The first-order chi connectivity index (χ1) is 13.3. The van der Waals surface area contributed by atoms with Gasteiger partial charge in [0, 0.05) is 44.6 Å². The highest BCUT2D eigenvalue weighted by Gasteiger charge is 2.18. The lowest BCUT2D eigenvalue weighted by Gasteiger charge is -2.36. The molecule has 0 amide bonds. The fourth-order valence-corrected chi connectivity index (χ4v) is 3.41. The van der Waals surface area contributed by atoms with Crippen LogP contribution in [0.15, 0.2) is 66.9 Å². The largest absolute Gasteiger partial charge is 0.368 e. The number of benzene rings is 2. The summed E-state index contributed by atoms with van der Waals surface area (Å²) in [5.41, 5.74) is 3.83. The minimum Gasteiger partial charge on any atom is -0.368 e. The summed E-state index contributed by atoms with van der Waals surface area (Å²) in [7, 11) is 0. The first-order valence-electron chi connectivity index (χ1n) is 9.45. The summed E-state index contributed by atoms with van der Waals surface area (Å²) in [6.45, 7) is 6.79. The van der Waals surface area contributed by atoms with E-state index in [1.54, 1.807) is 0 Å². The predicted octanol–water partition coefficient (Wildman–Crippen LogP) is 3.72. The zero-order valence-electron chi connectivity index (χ0n) is 15.7. The SMILES string of the molecule is Cc1cccc(N2CCN(c3ccnc(NCc4ccccc4)n3)CC2)c1.